The number of ether oxygens (including phenoxy) is 3. The molecule has 0 heterocycles. The SMILES string of the molecule is CCCCCCC/C=C\C/C=C\C/C=C\CCCCCCCCCCCCC(=O)OCC(COC(=O)CCCCCCC)OC(=O)CCCCCCCCCCC/C=C\CCCCCCCC. The molecule has 0 aromatic rings. The van der Waals surface area contributed by atoms with Crippen LogP contribution in [0.1, 0.15) is 303 Å². The monoisotopic (exact) mass is 939 g/mol. The smallest absolute Gasteiger partial charge is 0.306 e. The molecule has 390 valence electrons. The molecule has 0 radical (unpaired) electrons. The Hall–Kier alpha value is -2.63. The van der Waals surface area contributed by atoms with Crippen molar-refractivity contribution in [1.82, 2.24) is 0 Å². The zero-order valence-corrected chi connectivity index (χ0v) is 44.7. The molecule has 0 N–H and O–H groups in total. The molecular formula is C61H110O6. The average Bonchev–Trinajstić information content (AvgIpc) is 3.33. The maximum Gasteiger partial charge on any atom is 0.306 e. The standard InChI is InChI=1S/C61H110O6/c1-4-7-10-13-15-17-19-21-23-25-27-28-29-30-31-32-34-35-37-39-41-43-45-48-51-54-60(63)66-57-58(56-65-59(62)53-50-47-12-9-6-3)67-61(64)55-52-49-46-44-42-40-38-36-33-26-24-22-20-18-16-14-11-8-5-2/h19,21-22,24-25,27,29-30,58H,4-18,20,23,26,28,31-57H2,1-3H3/b21-19-,24-22-,27-25-,30-29-. The lowest BCUT2D eigenvalue weighted by molar-refractivity contribution is -0.167. The topological polar surface area (TPSA) is 78.9 Å². The van der Waals surface area contributed by atoms with E-state index in [1.807, 2.05) is 0 Å². The quantitative estimate of drug-likeness (QED) is 0.0262. The van der Waals surface area contributed by atoms with E-state index in [-0.39, 0.29) is 31.1 Å². The van der Waals surface area contributed by atoms with Crippen molar-refractivity contribution in [2.45, 2.75) is 309 Å². The Kier molecular flexibility index (Phi) is 53.8. The van der Waals surface area contributed by atoms with Crippen molar-refractivity contribution in [3.8, 4) is 0 Å². The summed E-state index contributed by atoms with van der Waals surface area (Å²) in [4.78, 5) is 37.8. The second-order valence-corrected chi connectivity index (χ2v) is 19.6. The lowest BCUT2D eigenvalue weighted by Crippen LogP contribution is -2.30. The fraction of sp³-hybridized carbons (Fsp3) is 0.820. The molecule has 6 heteroatoms. The second-order valence-electron chi connectivity index (χ2n) is 19.6. The highest BCUT2D eigenvalue weighted by Gasteiger charge is 2.19. The third kappa shape index (κ3) is 54.2. The molecule has 0 spiro atoms. The van der Waals surface area contributed by atoms with Gasteiger partial charge < -0.3 is 14.2 Å². The number of unbranched alkanes of at least 4 members (excludes halogenated alkanes) is 34. The van der Waals surface area contributed by atoms with Gasteiger partial charge in [0.15, 0.2) is 6.10 Å². The third-order valence-electron chi connectivity index (χ3n) is 12.8. The highest BCUT2D eigenvalue weighted by atomic mass is 16.6. The van der Waals surface area contributed by atoms with Crippen molar-refractivity contribution in [2.24, 2.45) is 0 Å². The summed E-state index contributed by atoms with van der Waals surface area (Å²) in [6.07, 6.45) is 68.6. The summed E-state index contributed by atoms with van der Waals surface area (Å²) in [6.45, 7) is 6.56. The van der Waals surface area contributed by atoms with E-state index < -0.39 is 6.10 Å². The lowest BCUT2D eigenvalue weighted by atomic mass is 10.0. The van der Waals surface area contributed by atoms with Crippen molar-refractivity contribution in [2.75, 3.05) is 13.2 Å². The summed E-state index contributed by atoms with van der Waals surface area (Å²) >= 11 is 0. The summed E-state index contributed by atoms with van der Waals surface area (Å²) < 4.78 is 16.7. The minimum Gasteiger partial charge on any atom is -0.462 e. The first-order valence-electron chi connectivity index (χ1n) is 29.1. The maximum absolute atomic E-state index is 12.8. The van der Waals surface area contributed by atoms with Gasteiger partial charge in [0.2, 0.25) is 0 Å². The molecule has 0 aromatic heterocycles. The molecule has 0 amide bonds. The predicted octanol–water partition coefficient (Wildman–Crippen LogP) is 19.4. The number of carbonyl (C=O) groups excluding carboxylic acids is 3. The predicted molar refractivity (Wildman–Crippen MR) is 289 cm³/mol. The fourth-order valence-electron chi connectivity index (χ4n) is 8.39. The van der Waals surface area contributed by atoms with Crippen LogP contribution < -0.4 is 0 Å². The van der Waals surface area contributed by atoms with Crippen LogP contribution in [0, 0.1) is 0 Å². The highest BCUT2D eigenvalue weighted by molar-refractivity contribution is 5.71. The van der Waals surface area contributed by atoms with Gasteiger partial charge in [-0.2, -0.15) is 0 Å². The molecule has 0 aromatic carbocycles. The Balaban J connectivity index is 4.08. The minimum absolute atomic E-state index is 0.0744. The normalized spacial score (nSPS) is 12.3. The third-order valence-corrected chi connectivity index (χ3v) is 12.8. The van der Waals surface area contributed by atoms with Crippen LogP contribution in [0.4, 0.5) is 0 Å². The molecule has 0 aliphatic rings. The van der Waals surface area contributed by atoms with Crippen molar-refractivity contribution < 1.29 is 28.6 Å². The zero-order valence-electron chi connectivity index (χ0n) is 44.7. The van der Waals surface area contributed by atoms with Crippen LogP contribution in [0.3, 0.4) is 0 Å². The first-order valence-corrected chi connectivity index (χ1v) is 29.1. The maximum atomic E-state index is 12.8. The number of allylic oxidation sites excluding steroid dienone is 8. The average molecular weight is 940 g/mol. The molecule has 0 aliphatic carbocycles. The molecule has 0 fully saturated rings. The Morgan fingerprint density at radius 1 is 0.299 bits per heavy atom. The van der Waals surface area contributed by atoms with Gasteiger partial charge in [-0.05, 0) is 83.5 Å². The van der Waals surface area contributed by atoms with E-state index in [4.69, 9.17) is 14.2 Å². The van der Waals surface area contributed by atoms with E-state index >= 15 is 0 Å². The van der Waals surface area contributed by atoms with E-state index in [1.54, 1.807) is 0 Å². The largest absolute Gasteiger partial charge is 0.462 e. The molecule has 0 rings (SSSR count). The van der Waals surface area contributed by atoms with Gasteiger partial charge in [-0.25, -0.2) is 0 Å². The van der Waals surface area contributed by atoms with Gasteiger partial charge in [-0.1, -0.05) is 249 Å². The Morgan fingerprint density at radius 2 is 0.537 bits per heavy atom. The van der Waals surface area contributed by atoms with Crippen molar-refractivity contribution in [3.05, 3.63) is 48.6 Å². The summed E-state index contributed by atoms with van der Waals surface area (Å²) in [7, 11) is 0. The van der Waals surface area contributed by atoms with Gasteiger partial charge in [0.1, 0.15) is 13.2 Å². The Bertz CT molecular complexity index is 1170. The van der Waals surface area contributed by atoms with Gasteiger partial charge in [0, 0.05) is 19.3 Å². The fourth-order valence-corrected chi connectivity index (χ4v) is 8.39. The minimum atomic E-state index is -0.771. The molecule has 0 saturated heterocycles. The van der Waals surface area contributed by atoms with E-state index in [2.05, 4.69) is 69.4 Å². The van der Waals surface area contributed by atoms with Gasteiger partial charge in [0.05, 0.1) is 0 Å². The van der Waals surface area contributed by atoms with E-state index in [0.29, 0.717) is 19.3 Å². The van der Waals surface area contributed by atoms with Crippen LogP contribution >= 0.6 is 0 Å². The first-order chi connectivity index (χ1) is 33.0. The summed E-state index contributed by atoms with van der Waals surface area (Å²) in [6, 6.07) is 0. The molecule has 1 atom stereocenters. The lowest BCUT2D eigenvalue weighted by Gasteiger charge is -2.18. The summed E-state index contributed by atoms with van der Waals surface area (Å²) in [5.74, 6) is -0.883. The molecular weight excluding hydrogens is 829 g/mol. The van der Waals surface area contributed by atoms with Crippen LogP contribution in [-0.4, -0.2) is 37.2 Å². The number of hydrogen-bond acceptors (Lipinski definition) is 6. The number of rotatable bonds is 53. The van der Waals surface area contributed by atoms with E-state index in [1.165, 1.54) is 186 Å². The molecule has 1 unspecified atom stereocenters. The van der Waals surface area contributed by atoms with Crippen LogP contribution in [0.25, 0.3) is 0 Å². The first kappa shape index (κ1) is 64.4. The van der Waals surface area contributed by atoms with Gasteiger partial charge in [-0.3, -0.25) is 14.4 Å². The molecule has 0 aliphatic heterocycles. The molecule has 0 bridgehead atoms. The number of hydrogen-bond donors (Lipinski definition) is 0. The summed E-state index contributed by atoms with van der Waals surface area (Å²) in [5.41, 5.74) is 0. The van der Waals surface area contributed by atoms with E-state index in [0.717, 1.165) is 77.0 Å². The Morgan fingerprint density at radius 3 is 0.851 bits per heavy atom. The molecule has 0 saturated carbocycles. The molecule has 6 nitrogen and oxygen atoms in total. The van der Waals surface area contributed by atoms with Crippen LogP contribution in [0.2, 0.25) is 0 Å². The van der Waals surface area contributed by atoms with Crippen molar-refractivity contribution in [3.63, 3.8) is 0 Å². The number of carbonyl (C=O) groups is 3. The summed E-state index contributed by atoms with van der Waals surface area (Å²) in [5, 5.41) is 0. The van der Waals surface area contributed by atoms with Crippen LogP contribution in [0.15, 0.2) is 48.6 Å². The highest BCUT2D eigenvalue weighted by Crippen LogP contribution is 2.16. The molecule has 67 heavy (non-hydrogen) atoms. The number of esters is 3. The van der Waals surface area contributed by atoms with Crippen LogP contribution in [0.5, 0.6) is 0 Å². The van der Waals surface area contributed by atoms with Gasteiger partial charge >= 0.3 is 17.9 Å². The van der Waals surface area contributed by atoms with Gasteiger partial charge in [-0.15, -0.1) is 0 Å². The van der Waals surface area contributed by atoms with Crippen molar-refractivity contribution >= 4 is 17.9 Å². The van der Waals surface area contributed by atoms with Gasteiger partial charge in [0.25, 0.3) is 0 Å². The zero-order chi connectivity index (χ0) is 48.6. The van der Waals surface area contributed by atoms with Crippen molar-refractivity contribution in [1.29, 1.82) is 0 Å². The Labute approximate surface area is 416 Å². The van der Waals surface area contributed by atoms with E-state index in [9.17, 15) is 14.4 Å². The van der Waals surface area contributed by atoms with Crippen LogP contribution in [-0.2, 0) is 28.6 Å². The second kappa shape index (κ2) is 56.0.